The van der Waals surface area contributed by atoms with Gasteiger partial charge in [0.05, 0.1) is 16.6 Å². The van der Waals surface area contributed by atoms with Gasteiger partial charge in [-0.1, -0.05) is 15.9 Å². The van der Waals surface area contributed by atoms with E-state index in [1.54, 1.807) is 12.1 Å². The Kier molecular flexibility index (Phi) is 3.59. The molecule has 2 rings (SSSR count). The number of aromatic hydroxyl groups is 1. The van der Waals surface area contributed by atoms with E-state index in [1.165, 1.54) is 0 Å². The number of phenolic OH excluding ortho intramolecular Hbond substituents is 1. The third kappa shape index (κ3) is 2.42. The highest BCUT2D eigenvalue weighted by molar-refractivity contribution is 9.11. The Morgan fingerprint density at radius 2 is 1.94 bits per heavy atom. The molecule has 1 saturated carbocycles. The Bertz CT molecular complexity index is 407. The maximum Gasteiger partial charge on any atom is 0.134 e. The van der Waals surface area contributed by atoms with E-state index in [-0.39, 0.29) is 11.7 Å². The van der Waals surface area contributed by atoms with E-state index in [9.17, 15) is 10.2 Å². The Hall–Kier alpha value is -0.100. The average Bonchev–Trinajstić information content (AvgIpc) is 3.05. The van der Waals surface area contributed by atoms with Crippen molar-refractivity contribution in [2.75, 3.05) is 0 Å². The second-order valence-electron chi connectivity index (χ2n) is 4.18. The van der Waals surface area contributed by atoms with Crippen LogP contribution in [0.4, 0.5) is 0 Å². The minimum absolute atomic E-state index is 0.107. The third-order valence-electron chi connectivity index (χ3n) is 2.89. The van der Waals surface area contributed by atoms with Crippen LogP contribution in [0.25, 0.3) is 0 Å². The van der Waals surface area contributed by atoms with E-state index in [2.05, 4.69) is 31.9 Å². The fourth-order valence-corrected chi connectivity index (χ4v) is 3.01. The van der Waals surface area contributed by atoms with Crippen LogP contribution in [-0.2, 0) is 0 Å². The molecular formula is C11H13Br2NO2. The summed E-state index contributed by atoms with van der Waals surface area (Å²) in [6.07, 6.45) is 1.46. The van der Waals surface area contributed by atoms with Gasteiger partial charge in [0.2, 0.25) is 0 Å². The van der Waals surface area contributed by atoms with Crippen molar-refractivity contribution in [1.29, 1.82) is 0 Å². The largest absolute Gasteiger partial charge is 0.506 e. The number of hydrogen-bond donors (Lipinski definition) is 3. The van der Waals surface area contributed by atoms with Crippen molar-refractivity contribution in [3.8, 4) is 5.75 Å². The van der Waals surface area contributed by atoms with Crippen LogP contribution in [-0.4, -0.2) is 16.3 Å². The van der Waals surface area contributed by atoms with Gasteiger partial charge < -0.3 is 15.9 Å². The predicted molar refractivity (Wildman–Crippen MR) is 69.2 cm³/mol. The van der Waals surface area contributed by atoms with Gasteiger partial charge in [0.1, 0.15) is 5.75 Å². The maximum absolute atomic E-state index is 9.95. The second kappa shape index (κ2) is 4.64. The summed E-state index contributed by atoms with van der Waals surface area (Å²) in [5.41, 5.74) is 6.54. The van der Waals surface area contributed by atoms with Crippen molar-refractivity contribution in [3.05, 3.63) is 26.6 Å². The smallest absolute Gasteiger partial charge is 0.134 e. The van der Waals surface area contributed by atoms with E-state index in [4.69, 9.17) is 5.73 Å². The summed E-state index contributed by atoms with van der Waals surface area (Å²) in [4.78, 5) is 0. The van der Waals surface area contributed by atoms with Crippen molar-refractivity contribution in [1.82, 2.24) is 0 Å². The Morgan fingerprint density at radius 1 is 1.31 bits per heavy atom. The molecule has 0 radical (unpaired) electrons. The van der Waals surface area contributed by atoms with Gasteiger partial charge >= 0.3 is 0 Å². The fraction of sp³-hybridized carbons (Fsp3) is 0.455. The van der Waals surface area contributed by atoms with Gasteiger partial charge in [-0.2, -0.15) is 0 Å². The first-order chi connectivity index (χ1) is 7.50. The normalized spacial score (nSPS) is 19.5. The first-order valence-electron chi connectivity index (χ1n) is 5.12. The highest BCUT2D eigenvalue weighted by Gasteiger charge is 2.35. The highest BCUT2D eigenvalue weighted by atomic mass is 79.9. The van der Waals surface area contributed by atoms with Gasteiger partial charge in [0.15, 0.2) is 0 Å². The van der Waals surface area contributed by atoms with E-state index in [0.717, 1.165) is 17.3 Å². The van der Waals surface area contributed by atoms with Gasteiger partial charge in [0, 0.05) is 10.0 Å². The van der Waals surface area contributed by atoms with Crippen molar-refractivity contribution in [3.63, 3.8) is 0 Å². The zero-order valence-corrected chi connectivity index (χ0v) is 11.7. The lowest BCUT2D eigenvalue weighted by molar-refractivity contribution is 0.121. The molecule has 4 N–H and O–H groups in total. The van der Waals surface area contributed by atoms with Gasteiger partial charge in [0.25, 0.3) is 0 Å². The second-order valence-corrected chi connectivity index (χ2v) is 5.95. The van der Waals surface area contributed by atoms with Crippen LogP contribution in [0.3, 0.4) is 0 Å². The van der Waals surface area contributed by atoms with Crippen molar-refractivity contribution in [2.45, 2.75) is 25.0 Å². The Balaban J connectivity index is 2.31. The molecular weight excluding hydrogens is 338 g/mol. The van der Waals surface area contributed by atoms with E-state index in [0.29, 0.717) is 10.0 Å². The SMILES string of the molecule is N[C@H](c1cc(Br)cc(Br)c1O)[C@@H](O)C1CC1. The summed E-state index contributed by atoms with van der Waals surface area (Å²) in [5.74, 6) is 0.391. The summed E-state index contributed by atoms with van der Waals surface area (Å²) in [6.45, 7) is 0. The van der Waals surface area contributed by atoms with Crippen molar-refractivity contribution < 1.29 is 10.2 Å². The summed E-state index contributed by atoms with van der Waals surface area (Å²) >= 11 is 6.59. The molecule has 5 heteroatoms. The third-order valence-corrected chi connectivity index (χ3v) is 3.95. The van der Waals surface area contributed by atoms with Crippen molar-refractivity contribution in [2.24, 2.45) is 11.7 Å². The van der Waals surface area contributed by atoms with E-state index >= 15 is 0 Å². The molecule has 0 spiro atoms. The number of phenols is 1. The molecule has 1 aliphatic carbocycles. The van der Waals surface area contributed by atoms with E-state index < -0.39 is 12.1 Å². The van der Waals surface area contributed by atoms with Gasteiger partial charge in [-0.3, -0.25) is 0 Å². The number of nitrogens with two attached hydrogens (primary N) is 1. The Morgan fingerprint density at radius 3 is 2.50 bits per heavy atom. The number of rotatable bonds is 3. The zero-order chi connectivity index (χ0) is 11.9. The maximum atomic E-state index is 9.95. The predicted octanol–water partition coefficient (Wildman–Crippen LogP) is 2.69. The summed E-state index contributed by atoms with van der Waals surface area (Å²) in [6, 6.07) is 2.95. The minimum Gasteiger partial charge on any atom is -0.506 e. The standard InChI is InChI=1S/C11H13Br2NO2/c12-6-3-7(11(16)8(13)4-6)9(14)10(15)5-1-2-5/h3-5,9-10,15-16H,1-2,14H2/t9-,10+/m1/s1. The van der Waals surface area contributed by atoms with Crippen LogP contribution in [0.15, 0.2) is 21.1 Å². The Labute approximate surface area is 111 Å². The molecule has 1 fully saturated rings. The van der Waals surface area contributed by atoms with Crippen LogP contribution in [0.5, 0.6) is 5.75 Å². The van der Waals surface area contributed by atoms with Crippen LogP contribution < -0.4 is 5.73 Å². The lowest BCUT2D eigenvalue weighted by Crippen LogP contribution is -2.28. The van der Waals surface area contributed by atoms with Crippen LogP contribution in [0.2, 0.25) is 0 Å². The molecule has 0 aliphatic heterocycles. The molecule has 2 atom stereocenters. The topological polar surface area (TPSA) is 66.5 Å². The monoisotopic (exact) mass is 349 g/mol. The molecule has 0 bridgehead atoms. The molecule has 16 heavy (non-hydrogen) atoms. The molecule has 3 nitrogen and oxygen atoms in total. The molecule has 0 aromatic heterocycles. The quantitative estimate of drug-likeness (QED) is 0.785. The van der Waals surface area contributed by atoms with Crippen LogP contribution >= 0.6 is 31.9 Å². The fourth-order valence-electron chi connectivity index (χ4n) is 1.75. The first-order valence-corrected chi connectivity index (χ1v) is 6.71. The number of benzene rings is 1. The van der Waals surface area contributed by atoms with Gasteiger partial charge in [-0.05, 0) is 46.8 Å². The molecule has 1 aromatic carbocycles. The molecule has 88 valence electrons. The number of aliphatic hydroxyl groups excluding tert-OH is 1. The number of halogens is 2. The summed E-state index contributed by atoms with van der Waals surface area (Å²) < 4.78 is 1.40. The summed E-state index contributed by atoms with van der Waals surface area (Å²) in [7, 11) is 0. The number of hydrogen-bond acceptors (Lipinski definition) is 3. The zero-order valence-electron chi connectivity index (χ0n) is 8.53. The van der Waals surface area contributed by atoms with Crippen LogP contribution in [0.1, 0.15) is 24.4 Å². The molecule has 1 aromatic rings. The average molecular weight is 351 g/mol. The first kappa shape index (κ1) is 12.4. The molecule has 0 saturated heterocycles. The molecule has 1 aliphatic rings. The number of aliphatic hydroxyl groups is 1. The van der Waals surface area contributed by atoms with Crippen LogP contribution in [0, 0.1) is 5.92 Å². The minimum atomic E-state index is -0.577. The van der Waals surface area contributed by atoms with Gasteiger partial charge in [-0.15, -0.1) is 0 Å². The molecule has 0 heterocycles. The van der Waals surface area contributed by atoms with Crippen molar-refractivity contribution >= 4 is 31.9 Å². The van der Waals surface area contributed by atoms with E-state index in [1.807, 2.05) is 0 Å². The summed E-state index contributed by atoms with van der Waals surface area (Å²) in [5, 5.41) is 19.8. The lowest BCUT2D eigenvalue weighted by atomic mass is 9.98. The van der Waals surface area contributed by atoms with Gasteiger partial charge in [-0.25, -0.2) is 0 Å². The molecule has 0 amide bonds. The lowest BCUT2D eigenvalue weighted by Gasteiger charge is -2.20. The highest BCUT2D eigenvalue weighted by Crippen LogP contribution is 2.41. The molecule has 0 unspecified atom stereocenters.